The third kappa shape index (κ3) is 2.34. The van der Waals surface area contributed by atoms with Gasteiger partial charge in [-0.05, 0) is 26.0 Å². The van der Waals surface area contributed by atoms with Crippen LogP contribution in [0, 0.1) is 6.92 Å². The van der Waals surface area contributed by atoms with Crippen LogP contribution in [0.4, 0.5) is 5.82 Å². The summed E-state index contributed by atoms with van der Waals surface area (Å²) in [5.74, 6) is 1.71. The molecular weight excluding hydrogens is 190 g/mol. The number of rotatable bonds is 3. The Kier molecular flexibility index (Phi) is 2.67. The van der Waals surface area contributed by atoms with Crippen LogP contribution in [0.1, 0.15) is 24.4 Å². The zero-order valence-electron chi connectivity index (χ0n) is 8.77. The predicted octanol–water partition coefficient (Wildman–Crippen LogP) is 2.55. The normalized spacial score (nSPS) is 12.4. The Hall–Kier alpha value is -1.84. The quantitative estimate of drug-likeness (QED) is 0.832. The lowest BCUT2D eigenvalue weighted by Gasteiger charge is -2.11. The third-order valence-electron chi connectivity index (χ3n) is 2.14. The average Bonchev–Trinajstić information content (AvgIpc) is 2.70. The minimum atomic E-state index is 0.106. The van der Waals surface area contributed by atoms with Crippen LogP contribution in [-0.4, -0.2) is 9.97 Å². The van der Waals surface area contributed by atoms with Crippen molar-refractivity contribution in [1.82, 2.24) is 9.97 Å². The highest BCUT2D eigenvalue weighted by atomic mass is 16.3. The Balaban J connectivity index is 2.09. The molecule has 1 unspecified atom stereocenters. The Morgan fingerprint density at radius 1 is 1.40 bits per heavy atom. The fourth-order valence-corrected chi connectivity index (χ4v) is 1.36. The highest BCUT2D eigenvalue weighted by Crippen LogP contribution is 2.17. The van der Waals surface area contributed by atoms with Crippen LogP contribution < -0.4 is 5.32 Å². The Morgan fingerprint density at radius 3 is 2.93 bits per heavy atom. The van der Waals surface area contributed by atoms with Crippen LogP contribution in [0.15, 0.2) is 35.2 Å². The minimum absolute atomic E-state index is 0.106. The van der Waals surface area contributed by atoms with Crippen LogP contribution in [-0.2, 0) is 0 Å². The molecule has 0 spiro atoms. The van der Waals surface area contributed by atoms with Gasteiger partial charge in [-0.3, -0.25) is 0 Å². The Morgan fingerprint density at radius 2 is 2.27 bits per heavy atom. The Bertz CT molecular complexity index is 425. The lowest BCUT2D eigenvalue weighted by Crippen LogP contribution is -2.07. The van der Waals surface area contributed by atoms with E-state index in [0.717, 1.165) is 17.3 Å². The van der Waals surface area contributed by atoms with E-state index in [-0.39, 0.29) is 6.04 Å². The molecule has 0 aliphatic heterocycles. The monoisotopic (exact) mass is 203 g/mol. The summed E-state index contributed by atoms with van der Waals surface area (Å²) in [5, 5.41) is 3.24. The van der Waals surface area contributed by atoms with E-state index in [1.165, 1.54) is 0 Å². The summed E-state index contributed by atoms with van der Waals surface area (Å²) in [6.07, 6.45) is 3.21. The Labute approximate surface area is 88.4 Å². The summed E-state index contributed by atoms with van der Waals surface area (Å²) >= 11 is 0. The van der Waals surface area contributed by atoms with Gasteiger partial charge in [0.1, 0.15) is 17.9 Å². The van der Waals surface area contributed by atoms with Gasteiger partial charge in [-0.15, -0.1) is 0 Å². The first kappa shape index (κ1) is 9.71. The van der Waals surface area contributed by atoms with Gasteiger partial charge in [0.15, 0.2) is 0 Å². The predicted molar refractivity (Wildman–Crippen MR) is 57.5 cm³/mol. The number of nitrogens with one attached hydrogen (secondary N) is 1. The second-order valence-electron chi connectivity index (χ2n) is 3.43. The highest BCUT2D eigenvalue weighted by molar-refractivity contribution is 5.36. The number of furan rings is 1. The van der Waals surface area contributed by atoms with E-state index in [1.54, 1.807) is 12.6 Å². The molecular formula is C11H13N3O. The van der Waals surface area contributed by atoms with Crippen molar-refractivity contribution in [2.24, 2.45) is 0 Å². The first-order chi connectivity index (χ1) is 7.25. The van der Waals surface area contributed by atoms with Gasteiger partial charge in [0.05, 0.1) is 12.3 Å². The molecule has 1 N–H and O–H groups in total. The molecule has 4 nitrogen and oxygen atoms in total. The zero-order chi connectivity index (χ0) is 10.7. The summed E-state index contributed by atoms with van der Waals surface area (Å²) in [4.78, 5) is 8.16. The van der Waals surface area contributed by atoms with Gasteiger partial charge in [0, 0.05) is 11.8 Å². The van der Waals surface area contributed by atoms with Gasteiger partial charge in [0.25, 0.3) is 0 Å². The first-order valence-electron chi connectivity index (χ1n) is 4.84. The molecule has 0 saturated carbocycles. The molecule has 2 heterocycles. The molecule has 0 fully saturated rings. The smallest absolute Gasteiger partial charge is 0.130 e. The fourth-order valence-electron chi connectivity index (χ4n) is 1.36. The molecule has 0 bridgehead atoms. The minimum Gasteiger partial charge on any atom is -0.467 e. The summed E-state index contributed by atoms with van der Waals surface area (Å²) < 4.78 is 5.29. The zero-order valence-corrected chi connectivity index (χ0v) is 8.77. The summed E-state index contributed by atoms with van der Waals surface area (Å²) in [5.41, 5.74) is 0.944. The molecule has 2 aromatic heterocycles. The summed E-state index contributed by atoms with van der Waals surface area (Å²) in [7, 11) is 0. The van der Waals surface area contributed by atoms with Crippen molar-refractivity contribution in [3.63, 3.8) is 0 Å². The van der Waals surface area contributed by atoms with Gasteiger partial charge in [0.2, 0.25) is 0 Å². The molecule has 0 radical (unpaired) electrons. The number of aryl methyl sites for hydroxylation is 1. The maximum atomic E-state index is 5.29. The SMILES string of the molecule is Cc1cc(NC(C)c2ccco2)ncn1. The lowest BCUT2D eigenvalue weighted by atomic mass is 10.2. The third-order valence-corrected chi connectivity index (χ3v) is 2.14. The van der Waals surface area contributed by atoms with Crippen molar-refractivity contribution in [3.8, 4) is 0 Å². The number of hydrogen-bond donors (Lipinski definition) is 1. The lowest BCUT2D eigenvalue weighted by molar-refractivity contribution is 0.490. The largest absolute Gasteiger partial charge is 0.467 e. The number of hydrogen-bond acceptors (Lipinski definition) is 4. The van der Waals surface area contributed by atoms with Crippen molar-refractivity contribution >= 4 is 5.82 Å². The van der Waals surface area contributed by atoms with Crippen molar-refractivity contribution in [2.75, 3.05) is 5.32 Å². The molecule has 15 heavy (non-hydrogen) atoms. The van der Waals surface area contributed by atoms with Gasteiger partial charge in [-0.2, -0.15) is 0 Å². The number of anilines is 1. The topological polar surface area (TPSA) is 51.0 Å². The van der Waals surface area contributed by atoms with Crippen LogP contribution in [0.3, 0.4) is 0 Å². The van der Waals surface area contributed by atoms with E-state index >= 15 is 0 Å². The van der Waals surface area contributed by atoms with Gasteiger partial charge >= 0.3 is 0 Å². The van der Waals surface area contributed by atoms with Gasteiger partial charge in [-0.25, -0.2) is 9.97 Å². The van der Waals surface area contributed by atoms with E-state index in [4.69, 9.17) is 4.42 Å². The van der Waals surface area contributed by atoms with Crippen LogP contribution in [0.25, 0.3) is 0 Å². The molecule has 0 amide bonds. The molecule has 0 aliphatic carbocycles. The summed E-state index contributed by atoms with van der Waals surface area (Å²) in [6.45, 7) is 3.96. The van der Waals surface area contributed by atoms with Crippen LogP contribution >= 0.6 is 0 Å². The molecule has 0 aromatic carbocycles. The van der Waals surface area contributed by atoms with E-state index < -0.39 is 0 Å². The van der Waals surface area contributed by atoms with E-state index in [1.807, 2.05) is 32.0 Å². The molecule has 1 atom stereocenters. The first-order valence-corrected chi connectivity index (χ1v) is 4.84. The second-order valence-corrected chi connectivity index (χ2v) is 3.43. The number of nitrogens with zero attached hydrogens (tertiary/aromatic N) is 2. The molecule has 78 valence electrons. The second kappa shape index (κ2) is 4.13. The van der Waals surface area contributed by atoms with Crippen molar-refractivity contribution in [1.29, 1.82) is 0 Å². The summed E-state index contributed by atoms with van der Waals surface area (Å²) in [6, 6.07) is 5.82. The average molecular weight is 203 g/mol. The van der Waals surface area contributed by atoms with E-state index in [0.29, 0.717) is 0 Å². The standard InChI is InChI=1S/C11H13N3O/c1-8-6-11(13-7-12-8)14-9(2)10-4-3-5-15-10/h3-7,9H,1-2H3,(H,12,13,14). The van der Waals surface area contributed by atoms with E-state index in [9.17, 15) is 0 Å². The van der Waals surface area contributed by atoms with Gasteiger partial charge in [-0.1, -0.05) is 0 Å². The van der Waals surface area contributed by atoms with Crippen molar-refractivity contribution in [2.45, 2.75) is 19.9 Å². The maximum Gasteiger partial charge on any atom is 0.130 e. The molecule has 2 rings (SSSR count). The van der Waals surface area contributed by atoms with Crippen LogP contribution in [0.5, 0.6) is 0 Å². The van der Waals surface area contributed by atoms with Crippen LogP contribution in [0.2, 0.25) is 0 Å². The molecule has 0 saturated heterocycles. The van der Waals surface area contributed by atoms with E-state index in [2.05, 4.69) is 15.3 Å². The highest BCUT2D eigenvalue weighted by Gasteiger charge is 2.08. The van der Waals surface area contributed by atoms with Gasteiger partial charge < -0.3 is 9.73 Å². The molecule has 0 aliphatic rings. The number of aromatic nitrogens is 2. The molecule has 4 heteroatoms. The fraction of sp³-hybridized carbons (Fsp3) is 0.273. The molecule has 2 aromatic rings. The van der Waals surface area contributed by atoms with Crippen molar-refractivity contribution in [3.05, 3.63) is 42.2 Å². The van der Waals surface area contributed by atoms with Crippen molar-refractivity contribution < 1.29 is 4.42 Å². The maximum absolute atomic E-state index is 5.29.